The van der Waals surface area contributed by atoms with Gasteiger partial charge in [-0.15, -0.1) is 0 Å². The first-order valence-corrected chi connectivity index (χ1v) is 8.65. The molecule has 0 unspecified atom stereocenters. The fourth-order valence-electron chi connectivity index (χ4n) is 3.17. The van der Waals surface area contributed by atoms with Gasteiger partial charge in [0.15, 0.2) is 0 Å². The van der Waals surface area contributed by atoms with Crippen LogP contribution in [0.15, 0.2) is 65.3 Å². The lowest BCUT2D eigenvalue weighted by molar-refractivity contribution is -0.116. The van der Waals surface area contributed by atoms with Gasteiger partial charge < -0.3 is 5.32 Å². The van der Waals surface area contributed by atoms with E-state index in [4.69, 9.17) is 0 Å². The van der Waals surface area contributed by atoms with Crippen LogP contribution in [-0.4, -0.2) is 15.7 Å². The molecule has 0 fully saturated rings. The maximum absolute atomic E-state index is 12.2. The standard InChI is InChI=1S/C19H16BrN3O/c20-15-8-4-7-14(9-15)16-10-18(24)22-19-17(16)11-21-23(19)12-13-5-2-1-3-6-13/h1-9,11,16H,10,12H2,(H,22,24)/t16-/m1/s1. The Labute approximate surface area is 148 Å². The molecule has 2 aromatic carbocycles. The number of anilines is 1. The number of carbonyl (C=O) groups excluding carboxylic acids is 1. The second-order valence-electron chi connectivity index (χ2n) is 5.95. The highest BCUT2D eigenvalue weighted by Crippen LogP contribution is 2.37. The Balaban J connectivity index is 1.72. The minimum atomic E-state index is 0.0299. The van der Waals surface area contributed by atoms with E-state index in [0.717, 1.165) is 27.0 Å². The predicted molar refractivity (Wildman–Crippen MR) is 97.0 cm³/mol. The largest absolute Gasteiger partial charge is 0.311 e. The summed E-state index contributed by atoms with van der Waals surface area (Å²) in [4.78, 5) is 12.2. The highest BCUT2D eigenvalue weighted by Gasteiger charge is 2.30. The summed E-state index contributed by atoms with van der Waals surface area (Å²) in [5.41, 5.74) is 3.35. The lowest BCUT2D eigenvalue weighted by atomic mass is 9.87. The Morgan fingerprint density at radius 1 is 1.17 bits per heavy atom. The van der Waals surface area contributed by atoms with Gasteiger partial charge in [-0.05, 0) is 23.3 Å². The summed E-state index contributed by atoms with van der Waals surface area (Å²) >= 11 is 3.51. The molecule has 0 bridgehead atoms. The molecule has 0 spiro atoms. The fraction of sp³-hybridized carbons (Fsp3) is 0.158. The van der Waals surface area contributed by atoms with Gasteiger partial charge in [0.2, 0.25) is 5.91 Å². The number of hydrogen-bond acceptors (Lipinski definition) is 2. The van der Waals surface area contributed by atoms with Gasteiger partial charge in [0.1, 0.15) is 5.82 Å². The molecule has 2 heterocycles. The molecule has 0 radical (unpaired) electrons. The molecule has 5 heteroatoms. The molecule has 0 saturated carbocycles. The summed E-state index contributed by atoms with van der Waals surface area (Å²) in [7, 11) is 0. The van der Waals surface area contributed by atoms with E-state index in [1.165, 1.54) is 0 Å². The highest BCUT2D eigenvalue weighted by atomic mass is 79.9. The van der Waals surface area contributed by atoms with Crippen LogP contribution in [0.25, 0.3) is 0 Å². The van der Waals surface area contributed by atoms with Crippen LogP contribution < -0.4 is 5.32 Å². The minimum absolute atomic E-state index is 0.0299. The van der Waals surface area contributed by atoms with E-state index in [0.29, 0.717) is 13.0 Å². The Hall–Kier alpha value is -2.40. The number of nitrogens with zero attached hydrogens (tertiary/aromatic N) is 2. The zero-order valence-corrected chi connectivity index (χ0v) is 14.5. The van der Waals surface area contributed by atoms with Crippen LogP contribution in [0, 0.1) is 0 Å². The summed E-state index contributed by atoms with van der Waals surface area (Å²) in [5.74, 6) is 0.873. The number of fused-ring (bicyclic) bond motifs is 1. The number of aromatic nitrogens is 2. The second-order valence-corrected chi connectivity index (χ2v) is 6.87. The highest BCUT2D eigenvalue weighted by molar-refractivity contribution is 9.10. The van der Waals surface area contributed by atoms with Gasteiger partial charge in [-0.1, -0.05) is 58.4 Å². The molecule has 0 aliphatic carbocycles. The van der Waals surface area contributed by atoms with Crippen molar-refractivity contribution in [2.45, 2.75) is 18.9 Å². The quantitative estimate of drug-likeness (QED) is 0.739. The number of nitrogens with one attached hydrogen (secondary N) is 1. The van der Waals surface area contributed by atoms with Crippen molar-refractivity contribution in [1.82, 2.24) is 9.78 Å². The molecule has 0 saturated heterocycles. The van der Waals surface area contributed by atoms with Crippen LogP contribution in [0.5, 0.6) is 0 Å². The molecular weight excluding hydrogens is 366 g/mol. The predicted octanol–water partition coefficient (Wildman–Crippen LogP) is 4.17. The Morgan fingerprint density at radius 2 is 2.00 bits per heavy atom. The number of benzene rings is 2. The van der Waals surface area contributed by atoms with Gasteiger partial charge in [0.25, 0.3) is 0 Å². The van der Waals surface area contributed by atoms with Gasteiger partial charge in [0, 0.05) is 22.4 Å². The zero-order valence-electron chi connectivity index (χ0n) is 12.9. The van der Waals surface area contributed by atoms with Crippen LogP contribution in [0.4, 0.5) is 5.82 Å². The van der Waals surface area contributed by atoms with Gasteiger partial charge in [-0.3, -0.25) is 4.79 Å². The van der Waals surface area contributed by atoms with Crippen molar-refractivity contribution in [2.24, 2.45) is 0 Å². The summed E-state index contributed by atoms with van der Waals surface area (Å²) in [6.07, 6.45) is 2.32. The smallest absolute Gasteiger partial charge is 0.226 e. The molecule has 1 aliphatic rings. The SMILES string of the molecule is O=C1C[C@H](c2cccc(Br)c2)c2cnn(Cc3ccccc3)c2N1. The first-order valence-electron chi connectivity index (χ1n) is 7.85. The third kappa shape index (κ3) is 2.87. The van der Waals surface area contributed by atoms with Gasteiger partial charge in [0.05, 0.1) is 12.7 Å². The van der Waals surface area contributed by atoms with E-state index in [2.05, 4.69) is 50.6 Å². The lowest BCUT2D eigenvalue weighted by Gasteiger charge is -2.24. The van der Waals surface area contributed by atoms with Gasteiger partial charge in [-0.2, -0.15) is 5.10 Å². The van der Waals surface area contributed by atoms with E-state index in [9.17, 15) is 4.79 Å². The molecule has 1 aliphatic heterocycles. The second kappa shape index (κ2) is 6.24. The molecule has 24 heavy (non-hydrogen) atoms. The first kappa shape index (κ1) is 15.1. The molecule has 1 amide bonds. The van der Waals surface area contributed by atoms with Crippen molar-refractivity contribution in [3.8, 4) is 0 Å². The fourth-order valence-corrected chi connectivity index (χ4v) is 3.58. The molecule has 1 atom stereocenters. The van der Waals surface area contributed by atoms with Crippen LogP contribution in [0.2, 0.25) is 0 Å². The molecule has 4 nitrogen and oxygen atoms in total. The molecule has 3 aromatic rings. The first-order chi connectivity index (χ1) is 11.7. The van der Waals surface area contributed by atoms with E-state index >= 15 is 0 Å². The third-order valence-corrected chi connectivity index (χ3v) is 4.81. The number of hydrogen-bond donors (Lipinski definition) is 1. The third-order valence-electron chi connectivity index (χ3n) is 4.32. The van der Waals surface area contributed by atoms with Crippen LogP contribution >= 0.6 is 15.9 Å². The van der Waals surface area contributed by atoms with Crippen molar-refractivity contribution in [3.05, 3.63) is 82.0 Å². The maximum atomic E-state index is 12.2. The van der Waals surface area contributed by atoms with Crippen molar-refractivity contribution >= 4 is 27.7 Å². The zero-order chi connectivity index (χ0) is 16.5. The molecule has 4 rings (SSSR count). The van der Waals surface area contributed by atoms with Crippen molar-refractivity contribution in [1.29, 1.82) is 0 Å². The minimum Gasteiger partial charge on any atom is -0.311 e. The Kier molecular flexibility index (Phi) is 3.94. The lowest BCUT2D eigenvalue weighted by Crippen LogP contribution is -2.25. The monoisotopic (exact) mass is 381 g/mol. The van der Waals surface area contributed by atoms with Crippen molar-refractivity contribution < 1.29 is 4.79 Å². The Bertz CT molecular complexity index is 889. The van der Waals surface area contributed by atoms with Crippen LogP contribution in [0.3, 0.4) is 0 Å². The van der Waals surface area contributed by atoms with Crippen LogP contribution in [-0.2, 0) is 11.3 Å². The van der Waals surface area contributed by atoms with Gasteiger partial charge >= 0.3 is 0 Å². The number of halogens is 1. The van der Waals surface area contributed by atoms with E-state index in [-0.39, 0.29) is 11.8 Å². The summed E-state index contributed by atoms with van der Waals surface area (Å²) in [6, 6.07) is 18.3. The van der Waals surface area contributed by atoms with Gasteiger partial charge in [-0.25, -0.2) is 4.68 Å². The molecule has 1 aromatic heterocycles. The van der Waals surface area contributed by atoms with E-state index in [1.807, 2.05) is 41.2 Å². The normalized spacial score (nSPS) is 16.5. The number of amides is 1. The molecular formula is C19H16BrN3O. The summed E-state index contributed by atoms with van der Waals surface area (Å²) in [6.45, 7) is 0.641. The topological polar surface area (TPSA) is 46.9 Å². The van der Waals surface area contributed by atoms with E-state index in [1.54, 1.807) is 0 Å². The van der Waals surface area contributed by atoms with Crippen molar-refractivity contribution in [3.63, 3.8) is 0 Å². The summed E-state index contributed by atoms with van der Waals surface area (Å²) < 4.78 is 2.89. The summed E-state index contributed by atoms with van der Waals surface area (Å²) in [5, 5.41) is 7.51. The average Bonchev–Trinajstić information content (AvgIpc) is 2.98. The van der Waals surface area contributed by atoms with E-state index < -0.39 is 0 Å². The average molecular weight is 382 g/mol. The Morgan fingerprint density at radius 3 is 2.79 bits per heavy atom. The number of rotatable bonds is 3. The van der Waals surface area contributed by atoms with Crippen molar-refractivity contribution in [2.75, 3.05) is 5.32 Å². The van der Waals surface area contributed by atoms with Crippen LogP contribution in [0.1, 0.15) is 29.0 Å². The molecule has 120 valence electrons. The molecule has 1 N–H and O–H groups in total. The maximum Gasteiger partial charge on any atom is 0.226 e. The number of carbonyl (C=O) groups is 1.